The number of morpholine rings is 1. The van der Waals surface area contributed by atoms with Crippen molar-refractivity contribution in [3.63, 3.8) is 0 Å². The number of amides is 1. The number of ether oxygens (including phenoxy) is 1. The molecule has 1 fully saturated rings. The number of halogens is 1. The largest absolute Gasteiger partial charge is 0.370 e. The number of benzene rings is 2. The molecule has 4 rings (SSSR count). The van der Waals surface area contributed by atoms with Crippen LogP contribution in [0.25, 0.3) is 11.0 Å². The normalized spacial score (nSPS) is 17.3. The highest BCUT2D eigenvalue weighted by atomic mass is 35.5. The summed E-state index contributed by atoms with van der Waals surface area (Å²) in [7, 11) is 0. The molecule has 6 heteroatoms. The minimum absolute atomic E-state index is 0.0146. The number of hydrogen-bond donors (Lipinski definition) is 0. The van der Waals surface area contributed by atoms with Gasteiger partial charge in [0.05, 0.1) is 35.6 Å². The first-order valence-electron chi connectivity index (χ1n) is 8.92. The third kappa shape index (κ3) is 3.66. The van der Waals surface area contributed by atoms with Crippen LogP contribution in [-0.4, -0.2) is 40.5 Å². The molecule has 1 atom stereocenters. The number of carbonyl (C=O) groups excluding carboxylic acids is 1. The molecule has 1 aromatic heterocycles. The lowest BCUT2D eigenvalue weighted by Crippen LogP contribution is -2.42. The molecule has 2 heterocycles. The molecule has 138 valence electrons. The van der Waals surface area contributed by atoms with E-state index in [-0.39, 0.29) is 12.0 Å². The first-order valence-corrected chi connectivity index (χ1v) is 9.30. The second-order valence-electron chi connectivity index (χ2n) is 6.76. The van der Waals surface area contributed by atoms with E-state index >= 15 is 0 Å². The lowest BCUT2D eigenvalue weighted by atomic mass is 10.1. The van der Waals surface area contributed by atoms with Crippen LogP contribution in [0.1, 0.15) is 33.4 Å². The van der Waals surface area contributed by atoms with E-state index in [4.69, 9.17) is 16.3 Å². The average Bonchev–Trinajstić information content (AvgIpc) is 2.68. The van der Waals surface area contributed by atoms with Gasteiger partial charge in [0, 0.05) is 17.1 Å². The summed E-state index contributed by atoms with van der Waals surface area (Å²) in [5.41, 5.74) is 4.97. The summed E-state index contributed by atoms with van der Waals surface area (Å²) >= 11 is 5.96. The Morgan fingerprint density at radius 2 is 1.78 bits per heavy atom. The first kappa shape index (κ1) is 17.9. The zero-order valence-corrected chi connectivity index (χ0v) is 16.0. The molecule has 27 heavy (non-hydrogen) atoms. The smallest absolute Gasteiger partial charge is 0.254 e. The van der Waals surface area contributed by atoms with Gasteiger partial charge in [-0.1, -0.05) is 23.7 Å². The predicted octanol–water partition coefficient (Wildman–Crippen LogP) is 4.11. The molecule has 0 aliphatic carbocycles. The molecule has 1 unspecified atom stereocenters. The third-order valence-electron chi connectivity index (χ3n) is 4.92. The van der Waals surface area contributed by atoms with Gasteiger partial charge in [-0.05, 0) is 49.7 Å². The Morgan fingerprint density at radius 1 is 1.07 bits per heavy atom. The summed E-state index contributed by atoms with van der Waals surface area (Å²) in [6, 6.07) is 13.1. The van der Waals surface area contributed by atoms with Crippen molar-refractivity contribution in [3.05, 3.63) is 70.0 Å². The van der Waals surface area contributed by atoms with Gasteiger partial charge in [-0.2, -0.15) is 0 Å². The summed E-state index contributed by atoms with van der Waals surface area (Å²) < 4.78 is 5.86. The molecule has 2 aromatic carbocycles. The Balaban J connectivity index is 1.57. The maximum Gasteiger partial charge on any atom is 0.254 e. The summed E-state index contributed by atoms with van der Waals surface area (Å²) in [6.45, 7) is 5.45. The van der Waals surface area contributed by atoms with Gasteiger partial charge in [0.15, 0.2) is 0 Å². The molecule has 0 saturated carbocycles. The second-order valence-corrected chi connectivity index (χ2v) is 7.20. The quantitative estimate of drug-likeness (QED) is 0.670. The highest BCUT2D eigenvalue weighted by Gasteiger charge is 2.26. The Hall–Kier alpha value is -2.50. The van der Waals surface area contributed by atoms with Crippen molar-refractivity contribution in [2.75, 3.05) is 19.7 Å². The minimum Gasteiger partial charge on any atom is -0.370 e. The number of aryl methyl sites for hydroxylation is 2. The summed E-state index contributed by atoms with van der Waals surface area (Å²) in [6.07, 6.45) is -0.148. The maximum atomic E-state index is 13.0. The number of rotatable bonds is 2. The van der Waals surface area contributed by atoms with E-state index in [1.807, 2.05) is 61.2 Å². The molecular formula is C21H20ClN3O2. The van der Waals surface area contributed by atoms with Crippen LogP contribution in [0, 0.1) is 13.8 Å². The van der Waals surface area contributed by atoms with Gasteiger partial charge < -0.3 is 9.64 Å². The van der Waals surface area contributed by atoms with Crippen LogP contribution < -0.4 is 0 Å². The fourth-order valence-corrected chi connectivity index (χ4v) is 3.39. The lowest BCUT2D eigenvalue weighted by molar-refractivity contribution is -0.0228. The number of nitrogens with zero attached hydrogens (tertiary/aromatic N) is 3. The van der Waals surface area contributed by atoms with E-state index in [0.29, 0.717) is 30.3 Å². The monoisotopic (exact) mass is 381 g/mol. The standard InChI is InChI=1S/C21H20ClN3O2/c1-13-14(2)24-19-11-16(5-8-18(19)23-13)21(26)25-9-10-27-20(12-25)15-3-6-17(22)7-4-15/h3-8,11,20H,9-10,12H2,1-2H3. The van der Waals surface area contributed by atoms with E-state index in [9.17, 15) is 4.79 Å². The second kappa shape index (κ2) is 7.25. The molecule has 5 nitrogen and oxygen atoms in total. The van der Waals surface area contributed by atoms with Gasteiger partial charge in [0.25, 0.3) is 5.91 Å². The number of carbonyl (C=O) groups is 1. The van der Waals surface area contributed by atoms with Crippen molar-refractivity contribution >= 4 is 28.5 Å². The van der Waals surface area contributed by atoms with Crippen molar-refractivity contribution < 1.29 is 9.53 Å². The Bertz CT molecular complexity index is 1000. The van der Waals surface area contributed by atoms with Crippen molar-refractivity contribution in [3.8, 4) is 0 Å². The molecular weight excluding hydrogens is 362 g/mol. The van der Waals surface area contributed by atoms with E-state index in [0.717, 1.165) is 28.0 Å². The number of hydrogen-bond acceptors (Lipinski definition) is 4. The maximum absolute atomic E-state index is 13.0. The highest BCUT2D eigenvalue weighted by molar-refractivity contribution is 6.30. The zero-order chi connectivity index (χ0) is 19.0. The lowest BCUT2D eigenvalue weighted by Gasteiger charge is -2.33. The molecule has 0 radical (unpaired) electrons. The average molecular weight is 382 g/mol. The molecule has 3 aromatic rings. The molecule has 1 aliphatic rings. The minimum atomic E-state index is -0.148. The van der Waals surface area contributed by atoms with Gasteiger partial charge in [0.2, 0.25) is 0 Å². The summed E-state index contributed by atoms with van der Waals surface area (Å²) in [5, 5.41) is 0.685. The molecule has 0 N–H and O–H groups in total. The number of aromatic nitrogens is 2. The Kier molecular flexibility index (Phi) is 4.81. The van der Waals surface area contributed by atoms with E-state index in [1.165, 1.54) is 0 Å². The van der Waals surface area contributed by atoms with E-state index in [2.05, 4.69) is 9.97 Å². The fourth-order valence-electron chi connectivity index (χ4n) is 3.26. The van der Waals surface area contributed by atoms with E-state index < -0.39 is 0 Å². The molecule has 1 aliphatic heterocycles. The number of fused-ring (bicyclic) bond motifs is 1. The molecule has 1 saturated heterocycles. The van der Waals surface area contributed by atoms with Crippen molar-refractivity contribution in [1.29, 1.82) is 0 Å². The van der Waals surface area contributed by atoms with Crippen LogP contribution in [-0.2, 0) is 4.74 Å². The summed E-state index contributed by atoms with van der Waals surface area (Å²) in [5.74, 6) is -0.0146. The Labute approximate surface area is 162 Å². The van der Waals surface area contributed by atoms with Crippen LogP contribution in [0.15, 0.2) is 42.5 Å². The summed E-state index contributed by atoms with van der Waals surface area (Å²) in [4.78, 5) is 24.0. The van der Waals surface area contributed by atoms with Crippen LogP contribution in [0.4, 0.5) is 0 Å². The molecule has 0 spiro atoms. The topological polar surface area (TPSA) is 55.3 Å². The van der Waals surface area contributed by atoms with Crippen LogP contribution in [0.3, 0.4) is 0 Å². The van der Waals surface area contributed by atoms with Crippen LogP contribution in [0.2, 0.25) is 5.02 Å². The van der Waals surface area contributed by atoms with Gasteiger partial charge >= 0.3 is 0 Å². The van der Waals surface area contributed by atoms with Crippen molar-refractivity contribution in [1.82, 2.24) is 14.9 Å². The highest BCUT2D eigenvalue weighted by Crippen LogP contribution is 2.25. The van der Waals surface area contributed by atoms with Gasteiger partial charge in [-0.3, -0.25) is 4.79 Å². The molecule has 1 amide bonds. The van der Waals surface area contributed by atoms with Gasteiger partial charge in [-0.15, -0.1) is 0 Å². The third-order valence-corrected chi connectivity index (χ3v) is 5.17. The predicted molar refractivity (Wildman–Crippen MR) is 105 cm³/mol. The van der Waals surface area contributed by atoms with Gasteiger partial charge in [0.1, 0.15) is 6.10 Å². The fraction of sp³-hybridized carbons (Fsp3) is 0.286. The van der Waals surface area contributed by atoms with Crippen molar-refractivity contribution in [2.24, 2.45) is 0 Å². The van der Waals surface area contributed by atoms with Crippen LogP contribution in [0.5, 0.6) is 0 Å². The SMILES string of the molecule is Cc1nc2ccc(C(=O)N3CCOC(c4ccc(Cl)cc4)C3)cc2nc1C. The Morgan fingerprint density at radius 3 is 2.52 bits per heavy atom. The van der Waals surface area contributed by atoms with Gasteiger partial charge in [-0.25, -0.2) is 9.97 Å². The zero-order valence-electron chi connectivity index (χ0n) is 15.3. The van der Waals surface area contributed by atoms with Crippen LogP contribution >= 0.6 is 11.6 Å². The first-order chi connectivity index (χ1) is 13.0. The molecule has 0 bridgehead atoms. The van der Waals surface area contributed by atoms with Crippen molar-refractivity contribution in [2.45, 2.75) is 20.0 Å². The van der Waals surface area contributed by atoms with E-state index in [1.54, 1.807) is 0 Å².